The van der Waals surface area contributed by atoms with Crippen LogP contribution in [0.4, 0.5) is 5.69 Å². The van der Waals surface area contributed by atoms with Crippen molar-refractivity contribution >= 4 is 23.4 Å². The van der Waals surface area contributed by atoms with E-state index in [1.54, 1.807) is 24.7 Å². The fourth-order valence-electron chi connectivity index (χ4n) is 1.19. The van der Waals surface area contributed by atoms with E-state index in [4.69, 9.17) is 5.73 Å². The van der Waals surface area contributed by atoms with E-state index in [0.717, 1.165) is 0 Å². The van der Waals surface area contributed by atoms with E-state index in [-0.39, 0.29) is 5.69 Å². The molecule has 0 radical (unpaired) electrons. The lowest BCUT2D eigenvalue weighted by Crippen LogP contribution is -2.06. The molecule has 0 saturated carbocycles. The number of hydrogen-bond acceptors (Lipinski definition) is 7. The SMILES string of the molecule is COC(=O)c1ccc(N)c(Sc2cnccn2)n1. The van der Waals surface area contributed by atoms with Crippen LogP contribution in [0.5, 0.6) is 0 Å². The van der Waals surface area contributed by atoms with Crippen LogP contribution in [-0.2, 0) is 4.74 Å². The van der Waals surface area contributed by atoms with Gasteiger partial charge in [-0.15, -0.1) is 0 Å². The van der Waals surface area contributed by atoms with Gasteiger partial charge in [0.15, 0.2) is 0 Å². The summed E-state index contributed by atoms with van der Waals surface area (Å²) in [7, 11) is 1.30. The summed E-state index contributed by atoms with van der Waals surface area (Å²) in [5.74, 6) is -0.504. The molecule has 2 N–H and O–H groups in total. The average Bonchev–Trinajstić information content (AvgIpc) is 2.41. The standard InChI is InChI=1S/C11H10N4O2S/c1-17-11(16)8-3-2-7(12)10(15-8)18-9-6-13-4-5-14-9/h2-6H,12H2,1H3. The molecular weight excluding hydrogens is 252 g/mol. The Morgan fingerprint density at radius 3 is 2.89 bits per heavy atom. The first kappa shape index (κ1) is 12.3. The van der Waals surface area contributed by atoms with Crippen molar-refractivity contribution in [2.24, 2.45) is 0 Å². The summed E-state index contributed by atoms with van der Waals surface area (Å²) in [5, 5.41) is 1.15. The van der Waals surface area contributed by atoms with Crippen LogP contribution in [0.15, 0.2) is 40.8 Å². The summed E-state index contributed by atoms with van der Waals surface area (Å²) in [6.45, 7) is 0. The Morgan fingerprint density at radius 2 is 2.22 bits per heavy atom. The van der Waals surface area contributed by atoms with Crippen molar-refractivity contribution in [2.75, 3.05) is 12.8 Å². The maximum absolute atomic E-state index is 11.4. The summed E-state index contributed by atoms with van der Waals surface area (Å²) in [5.41, 5.74) is 6.47. The molecule has 92 valence electrons. The lowest BCUT2D eigenvalue weighted by molar-refractivity contribution is 0.0593. The van der Waals surface area contributed by atoms with Crippen LogP contribution in [-0.4, -0.2) is 28.0 Å². The lowest BCUT2D eigenvalue weighted by atomic mass is 10.3. The maximum Gasteiger partial charge on any atom is 0.356 e. The molecule has 2 aromatic rings. The number of nitrogens with two attached hydrogens (primary N) is 1. The first-order valence-corrected chi connectivity index (χ1v) is 5.81. The number of rotatable bonds is 3. The molecule has 7 heteroatoms. The number of hydrogen-bond donors (Lipinski definition) is 1. The van der Waals surface area contributed by atoms with Crippen molar-refractivity contribution < 1.29 is 9.53 Å². The Hall–Kier alpha value is -2.15. The second-order valence-corrected chi connectivity index (χ2v) is 4.24. The molecule has 0 aliphatic carbocycles. The highest BCUT2D eigenvalue weighted by molar-refractivity contribution is 7.99. The number of nitrogens with zero attached hydrogens (tertiary/aromatic N) is 3. The van der Waals surface area contributed by atoms with Gasteiger partial charge in [-0.05, 0) is 23.9 Å². The highest BCUT2D eigenvalue weighted by Crippen LogP contribution is 2.28. The molecule has 0 aliphatic heterocycles. The molecule has 0 spiro atoms. The van der Waals surface area contributed by atoms with E-state index in [1.807, 2.05) is 0 Å². The van der Waals surface area contributed by atoms with Crippen LogP contribution >= 0.6 is 11.8 Å². The van der Waals surface area contributed by atoms with Gasteiger partial charge < -0.3 is 10.5 Å². The van der Waals surface area contributed by atoms with Crippen molar-refractivity contribution in [3.63, 3.8) is 0 Å². The van der Waals surface area contributed by atoms with E-state index < -0.39 is 5.97 Å². The molecule has 2 aromatic heterocycles. The summed E-state index contributed by atoms with van der Waals surface area (Å²) in [4.78, 5) is 23.5. The van der Waals surface area contributed by atoms with E-state index in [0.29, 0.717) is 15.7 Å². The monoisotopic (exact) mass is 262 g/mol. The number of nitrogen functional groups attached to an aromatic ring is 1. The van der Waals surface area contributed by atoms with Gasteiger partial charge in [0.2, 0.25) is 0 Å². The molecule has 0 unspecified atom stereocenters. The molecule has 0 aliphatic rings. The molecular formula is C11H10N4O2S. The van der Waals surface area contributed by atoms with Gasteiger partial charge in [-0.2, -0.15) is 0 Å². The van der Waals surface area contributed by atoms with E-state index in [1.165, 1.54) is 24.9 Å². The Kier molecular flexibility index (Phi) is 3.73. The molecule has 0 aromatic carbocycles. The topological polar surface area (TPSA) is 91.0 Å². The van der Waals surface area contributed by atoms with Crippen LogP contribution < -0.4 is 5.73 Å². The van der Waals surface area contributed by atoms with Gasteiger partial charge >= 0.3 is 5.97 Å². The van der Waals surface area contributed by atoms with Crippen molar-refractivity contribution in [1.29, 1.82) is 0 Å². The van der Waals surface area contributed by atoms with Crippen molar-refractivity contribution in [1.82, 2.24) is 15.0 Å². The van der Waals surface area contributed by atoms with Gasteiger partial charge in [0, 0.05) is 12.4 Å². The van der Waals surface area contributed by atoms with Crippen LogP contribution in [0.1, 0.15) is 10.5 Å². The minimum absolute atomic E-state index is 0.207. The molecule has 0 amide bonds. The van der Waals surface area contributed by atoms with Crippen LogP contribution in [0, 0.1) is 0 Å². The summed E-state index contributed by atoms with van der Waals surface area (Å²) < 4.78 is 4.60. The number of ether oxygens (including phenoxy) is 1. The molecule has 0 fully saturated rings. The molecule has 0 atom stereocenters. The molecule has 0 bridgehead atoms. The molecule has 2 heterocycles. The Labute approximate surface area is 108 Å². The number of carbonyl (C=O) groups is 1. The van der Waals surface area contributed by atoms with Gasteiger partial charge in [0.05, 0.1) is 19.0 Å². The fourth-order valence-corrected chi connectivity index (χ4v) is 1.94. The van der Waals surface area contributed by atoms with Crippen molar-refractivity contribution in [2.45, 2.75) is 10.1 Å². The molecule has 2 rings (SSSR count). The number of pyridine rings is 1. The third-order valence-electron chi connectivity index (χ3n) is 2.02. The van der Waals surface area contributed by atoms with Gasteiger partial charge in [-0.1, -0.05) is 0 Å². The normalized spacial score (nSPS) is 10.1. The first-order valence-electron chi connectivity index (χ1n) is 4.99. The number of anilines is 1. The highest BCUT2D eigenvalue weighted by atomic mass is 32.2. The van der Waals surface area contributed by atoms with Crippen LogP contribution in [0.3, 0.4) is 0 Å². The van der Waals surface area contributed by atoms with Gasteiger partial charge in [0.1, 0.15) is 15.7 Å². The summed E-state index contributed by atoms with van der Waals surface area (Å²) in [6, 6.07) is 3.12. The average molecular weight is 262 g/mol. The molecule has 18 heavy (non-hydrogen) atoms. The summed E-state index contributed by atoms with van der Waals surface area (Å²) >= 11 is 1.24. The Balaban J connectivity index is 2.30. The van der Waals surface area contributed by atoms with Gasteiger partial charge in [-0.3, -0.25) is 4.98 Å². The fraction of sp³-hybridized carbons (Fsp3) is 0.0909. The largest absolute Gasteiger partial charge is 0.464 e. The third-order valence-corrected chi connectivity index (χ3v) is 2.97. The number of methoxy groups -OCH3 is 1. The van der Waals surface area contributed by atoms with Gasteiger partial charge in [-0.25, -0.2) is 14.8 Å². The smallest absolute Gasteiger partial charge is 0.356 e. The molecule has 0 saturated heterocycles. The number of esters is 1. The van der Waals surface area contributed by atoms with Crippen LogP contribution in [0.25, 0.3) is 0 Å². The zero-order chi connectivity index (χ0) is 13.0. The minimum atomic E-state index is -0.504. The zero-order valence-corrected chi connectivity index (χ0v) is 10.3. The quantitative estimate of drug-likeness (QED) is 0.836. The number of carbonyl (C=O) groups excluding carboxylic acids is 1. The minimum Gasteiger partial charge on any atom is -0.464 e. The van der Waals surface area contributed by atoms with Gasteiger partial charge in [0.25, 0.3) is 0 Å². The Bertz CT molecular complexity index is 562. The zero-order valence-electron chi connectivity index (χ0n) is 9.53. The first-order chi connectivity index (χ1) is 8.70. The summed E-state index contributed by atoms with van der Waals surface area (Å²) in [6.07, 6.45) is 4.74. The third kappa shape index (κ3) is 2.75. The predicted molar refractivity (Wildman–Crippen MR) is 66.1 cm³/mol. The van der Waals surface area contributed by atoms with E-state index in [9.17, 15) is 4.79 Å². The van der Waals surface area contributed by atoms with E-state index >= 15 is 0 Å². The number of aromatic nitrogens is 3. The van der Waals surface area contributed by atoms with Crippen LogP contribution in [0.2, 0.25) is 0 Å². The predicted octanol–water partition coefficient (Wildman–Crippen LogP) is 1.39. The highest BCUT2D eigenvalue weighted by Gasteiger charge is 2.11. The lowest BCUT2D eigenvalue weighted by Gasteiger charge is -2.05. The molecule has 6 nitrogen and oxygen atoms in total. The van der Waals surface area contributed by atoms with Crippen molar-refractivity contribution in [3.05, 3.63) is 36.4 Å². The second-order valence-electron chi connectivity index (χ2n) is 3.23. The van der Waals surface area contributed by atoms with E-state index in [2.05, 4.69) is 19.7 Å². The Morgan fingerprint density at radius 1 is 1.39 bits per heavy atom. The second kappa shape index (κ2) is 5.46. The van der Waals surface area contributed by atoms with Crippen molar-refractivity contribution in [3.8, 4) is 0 Å². The maximum atomic E-state index is 11.4.